The number of methoxy groups -OCH3 is 2. The first-order valence-electron chi connectivity index (χ1n) is 5.48. The van der Waals surface area contributed by atoms with Gasteiger partial charge in [0.1, 0.15) is 0 Å². The van der Waals surface area contributed by atoms with Crippen LogP contribution in [0.25, 0.3) is 0 Å². The lowest BCUT2D eigenvalue weighted by molar-refractivity contribution is 0.334. The highest BCUT2D eigenvalue weighted by Gasteiger charge is 2.19. The quantitative estimate of drug-likeness (QED) is 0.790. The van der Waals surface area contributed by atoms with Crippen LogP contribution in [-0.2, 0) is 12.8 Å². The van der Waals surface area contributed by atoms with E-state index in [0.717, 1.165) is 18.4 Å². The molecule has 1 aromatic carbocycles. The van der Waals surface area contributed by atoms with Crippen molar-refractivity contribution < 1.29 is 13.9 Å². The van der Waals surface area contributed by atoms with E-state index in [4.69, 9.17) is 14.7 Å². The van der Waals surface area contributed by atoms with E-state index in [1.54, 1.807) is 0 Å². The van der Waals surface area contributed by atoms with Crippen LogP contribution >= 0.6 is 0 Å². The van der Waals surface area contributed by atoms with Crippen molar-refractivity contribution in [3.05, 3.63) is 23.0 Å². The van der Waals surface area contributed by atoms with E-state index in [1.807, 2.05) is 13.0 Å². The van der Waals surface area contributed by atoms with E-state index in [2.05, 4.69) is 0 Å². The molecule has 0 radical (unpaired) electrons. The van der Waals surface area contributed by atoms with Crippen molar-refractivity contribution in [2.45, 2.75) is 26.2 Å². The fourth-order valence-corrected chi connectivity index (χ4v) is 1.87. The van der Waals surface area contributed by atoms with Crippen LogP contribution < -0.4 is 9.47 Å². The third-order valence-electron chi connectivity index (χ3n) is 2.56. The molecule has 0 aliphatic rings. The summed E-state index contributed by atoms with van der Waals surface area (Å²) in [6.45, 7) is 2.02. The Kier molecular flexibility index (Phi) is 4.77. The molecule has 0 saturated carbocycles. The molecule has 0 atom stereocenters. The molecule has 4 heteroatoms. The second-order valence-electron chi connectivity index (χ2n) is 3.65. The molecule has 0 aliphatic carbocycles. The largest absolute Gasteiger partial charge is 0.492 e. The first-order valence-corrected chi connectivity index (χ1v) is 5.48. The Morgan fingerprint density at radius 2 is 1.94 bits per heavy atom. The zero-order valence-electron chi connectivity index (χ0n) is 10.3. The number of nitriles is 1. The Morgan fingerprint density at radius 1 is 1.29 bits per heavy atom. The first-order chi connectivity index (χ1) is 8.19. The van der Waals surface area contributed by atoms with Gasteiger partial charge < -0.3 is 9.47 Å². The number of halogens is 1. The third-order valence-corrected chi connectivity index (χ3v) is 2.56. The summed E-state index contributed by atoms with van der Waals surface area (Å²) in [4.78, 5) is 0. The molecule has 0 bridgehead atoms. The van der Waals surface area contributed by atoms with Crippen LogP contribution in [0.3, 0.4) is 0 Å². The standard InChI is InChI=1S/C13H16FNO2/c1-4-5-10-9(6-7-15)8-11(14)13(17-3)12(10)16-2/h8H,4-6H2,1-3H3. The summed E-state index contributed by atoms with van der Waals surface area (Å²) in [5.74, 6) is 0.0201. The van der Waals surface area contributed by atoms with Crippen LogP contribution in [0.5, 0.6) is 11.5 Å². The Hall–Kier alpha value is -1.76. The summed E-state index contributed by atoms with van der Waals surface area (Å²) in [7, 11) is 2.88. The molecule has 0 spiro atoms. The van der Waals surface area contributed by atoms with E-state index in [9.17, 15) is 4.39 Å². The molecule has 0 fully saturated rings. The number of ether oxygens (including phenoxy) is 2. The van der Waals surface area contributed by atoms with Crippen molar-refractivity contribution in [1.29, 1.82) is 5.26 Å². The van der Waals surface area contributed by atoms with Gasteiger partial charge in [0, 0.05) is 5.56 Å². The molecule has 1 aromatic rings. The minimum Gasteiger partial charge on any atom is -0.492 e. The van der Waals surface area contributed by atoms with E-state index >= 15 is 0 Å². The van der Waals surface area contributed by atoms with E-state index < -0.39 is 5.82 Å². The maximum absolute atomic E-state index is 13.7. The summed E-state index contributed by atoms with van der Waals surface area (Å²) < 4.78 is 23.9. The van der Waals surface area contributed by atoms with Gasteiger partial charge in [0.05, 0.1) is 26.7 Å². The number of nitrogens with zero attached hydrogens (tertiary/aromatic N) is 1. The van der Waals surface area contributed by atoms with Crippen molar-refractivity contribution in [3.63, 3.8) is 0 Å². The minimum absolute atomic E-state index is 0.109. The Labute approximate surface area is 101 Å². The Balaban J connectivity index is 3.42. The summed E-state index contributed by atoms with van der Waals surface area (Å²) in [5.41, 5.74) is 1.53. The van der Waals surface area contributed by atoms with E-state index in [1.165, 1.54) is 20.3 Å². The van der Waals surface area contributed by atoms with Crippen LogP contribution in [0.15, 0.2) is 6.07 Å². The maximum atomic E-state index is 13.7. The summed E-state index contributed by atoms with van der Waals surface area (Å²) in [5, 5.41) is 8.75. The number of hydrogen-bond acceptors (Lipinski definition) is 3. The molecule has 0 saturated heterocycles. The Bertz CT molecular complexity index is 438. The zero-order chi connectivity index (χ0) is 12.8. The average Bonchev–Trinajstić information content (AvgIpc) is 2.32. The number of benzene rings is 1. The van der Waals surface area contributed by atoms with Gasteiger partial charge in [-0.3, -0.25) is 0 Å². The van der Waals surface area contributed by atoms with Gasteiger partial charge in [0.2, 0.25) is 0 Å². The topological polar surface area (TPSA) is 42.2 Å². The fourth-order valence-electron chi connectivity index (χ4n) is 1.87. The normalized spacial score (nSPS) is 9.82. The van der Waals surface area contributed by atoms with Crippen molar-refractivity contribution in [1.82, 2.24) is 0 Å². The second kappa shape index (κ2) is 6.09. The third kappa shape index (κ3) is 2.68. The van der Waals surface area contributed by atoms with Crippen LogP contribution in [-0.4, -0.2) is 14.2 Å². The van der Waals surface area contributed by atoms with Gasteiger partial charge in [0.25, 0.3) is 0 Å². The molecule has 92 valence electrons. The van der Waals surface area contributed by atoms with Gasteiger partial charge in [0.15, 0.2) is 17.3 Å². The lowest BCUT2D eigenvalue weighted by Crippen LogP contribution is -2.03. The van der Waals surface area contributed by atoms with Crippen LogP contribution in [0.1, 0.15) is 24.5 Å². The van der Waals surface area contributed by atoms with Crippen LogP contribution in [0, 0.1) is 17.1 Å². The molecule has 0 aromatic heterocycles. The molecule has 0 aliphatic heterocycles. The van der Waals surface area contributed by atoms with Crippen molar-refractivity contribution in [2.75, 3.05) is 14.2 Å². The highest BCUT2D eigenvalue weighted by Crippen LogP contribution is 2.37. The predicted molar refractivity (Wildman–Crippen MR) is 62.8 cm³/mol. The van der Waals surface area contributed by atoms with Crippen molar-refractivity contribution in [3.8, 4) is 17.6 Å². The van der Waals surface area contributed by atoms with Gasteiger partial charge in [-0.05, 0) is 18.1 Å². The molecule has 0 heterocycles. The molecule has 0 unspecified atom stereocenters. The van der Waals surface area contributed by atoms with Crippen LogP contribution in [0.2, 0.25) is 0 Å². The fraction of sp³-hybridized carbons (Fsp3) is 0.462. The summed E-state index contributed by atoms with van der Waals surface area (Å²) >= 11 is 0. The molecular weight excluding hydrogens is 221 g/mol. The van der Waals surface area contributed by atoms with Gasteiger partial charge in [-0.1, -0.05) is 13.3 Å². The SMILES string of the molecule is CCCc1c(CC#N)cc(F)c(OC)c1OC. The monoisotopic (exact) mass is 237 g/mol. The summed E-state index contributed by atoms with van der Waals surface area (Å²) in [6.07, 6.45) is 1.80. The van der Waals surface area contributed by atoms with Crippen molar-refractivity contribution >= 4 is 0 Å². The molecule has 0 amide bonds. The summed E-state index contributed by atoms with van der Waals surface area (Å²) in [6, 6.07) is 3.39. The maximum Gasteiger partial charge on any atom is 0.197 e. The van der Waals surface area contributed by atoms with Gasteiger partial charge in [-0.2, -0.15) is 5.26 Å². The molecule has 0 N–H and O–H groups in total. The molecule has 1 rings (SSSR count). The lowest BCUT2D eigenvalue weighted by atomic mass is 9.99. The molecule has 3 nitrogen and oxygen atoms in total. The van der Waals surface area contributed by atoms with E-state index in [0.29, 0.717) is 11.3 Å². The smallest absolute Gasteiger partial charge is 0.197 e. The van der Waals surface area contributed by atoms with Crippen LogP contribution in [0.4, 0.5) is 4.39 Å². The minimum atomic E-state index is -0.491. The number of rotatable bonds is 5. The zero-order valence-corrected chi connectivity index (χ0v) is 10.3. The predicted octanol–water partition coefficient (Wildman–Crippen LogP) is 2.86. The highest BCUT2D eigenvalue weighted by molar-refractivity contribution is 5.52. The molecular formula is C13H16FNO2. The van der Waals surface area contributed by atoms with Gasteiger partial charge in [-0.15, -0.1) is 0 Å². The average molecular weight is 237 g/mol. The second-order valence-corrected chi connectivity index (χ2v) is 3.65. The highest BCUT2D eigenvalue weighted by atomic mass is 19.1. The van der Waals surface area contributed by atoms with E-state index in [-0.39, 0.29) is 12.2 Å². The number of hydrogen-bond donors (Lipinski definition) is 0. The van der Waals surface area contributed by atoms with Crippen molar-refractivity contribution in [2.24, 2.45) is 0 Å². The first kappa shape index (κ1) is 13.3. The van der Waals surface area contributed by atoms with Gasteiger partial charge in [-0.25, -0.2) is 4.39 Å². The Morgan fingerprint density at radius 3 is 2.41 bits per heavy atom. The lowest BCUT2D eigenvalue weighted by Gasteiger charge is -2.16. The molecule has 17 heavy (non-hydrogen) atoms. The van der Waals surface area contributed by atoms with Gasteiger partial charge >= 0.3 is 0 Å².